The van der Waals surface area contributed by atoms with Crippen LogP contribution in [0.1, 0.15) is 17.0 Å². The van der Waals surface area contributed by atoms with E-state index in [1.54, 1.807) is 13.0 Å². The Morgan fingerprint density at radius 1 is 1.15 bits per heavy atom. The van der Waals surface area contributed by atoms with Gasteiger partial charge >= 0.3 is 6.18 Å². The standard InChI is InChI=1S/C14H13F3N2O/c1-9-6-7-13(20)12(19-9)8-18-11-5-3-2-4-10(11)14(15,16)17/h2-7,18,20H,8H2,1H3. The first kappa shape index (κ1) is 14.2. The summed E-state index contributed by atoms with van der Waals surface area (Å²) in [7, 11) is 0. The molecule has 0 radical (unpaired) electrons. The van der Waals surface area contributed by atoms with Crippen LogP contribution < -0.4 is 5.32 Å². The van der Waals surface area contributed by atoms with Gasteiger partial charge in [0, 0.05) is 11.4 Å². The number of hydrogen-bond donors (Lipinski definition) is 2. The molecule has 106 valence electrons. The second-order valence-electron chi connectivity index (χ2n) is 4.32. The van der Waals surface area contributed by atoms with Crippen molar-refractivity contribution < 1.29 is 18.3 Å². The summed E-state index contributed by atoms with van der Waals surface area (Å²) in [5.74, 6) is -0.0485. The summed E-state index contributed by atoms with van der Waals surface area (Å²) in [6, 6.07) is 8.29. The van der Waals surface area contributed by atoms with Gasteiger partial charge in [-0.3, -0.25) is 4.98 Å². The summed E-state index contributed by atoms with van der Waals surface area (Å²) in [6.45, 7) is 1.76. The van der Waals surface area contributed by atoms with Gasteiger partial charge in [0.15, 0.2) is 0 Å². The predicted octanol–water partition coefficient (Wildman–Crippen LogP) is 3.73. The number of pyridine rings is 1. The number of hydrogen-bond acceptors (Lipinski definition) is 3. The fourth-order valence-corrected chi connectivity index (χ4v) is 1.80. The van der Waals surface area contributed by atoms with Crippen molar-refractivity contribution in [3.8, 4) is 5.75 Å². The van der Waals surface area contributed by atoms with E-state index in [9.17, 15) is 18.3 Å². The first-order chi connectivity index (χ1) is 9.38. The van der Waals surface area contributed by atoms with E-state index >= 15 is 0 Å². The topological polar surface area (TPSA) is 45.1 Å². The van der Waals surface area contributed by atoms with E-state index in [1.807, 2.05) is 0 Å². The highest BCUT2D eigenvalue weighted by Gasteiger charge is 2.33. The minimum Gasteiger partial charge on any atom is -0.506 e. The highest BCUT2D eigenvalue weighted by Crippen LogP contribution is 2.34. The highest BCUT2D eigenvalue weighted by molar-refractivity contribution is 5.53. The molecule has 0 saturated heterocycles. The molecule has 1 aromatic heterocycles. The van der Waals surface area contributed by atoms with Crippen LogP contribution in [0, 0.1) is 6.92 Å². The monoisotopic (exact) mass is 282 g/mol. The van der Waals surface area contributed by atoms with E-state index in [4.69, 9.17) is 0 Å². The number of halogens is 3. The molecular weight excluding hydrogens is 269 g/mol. The van der Waals surface area contributed by atoms with Crippen molar-refractivity contribution in [3.63, 3.8) is 0 Å². The van der Waals surface area contributed by atoms with Gasteiger partial charge in [-0.15, -0.1) is 0 Å². The molecule has 0 spiro atoms. The van der Waals surface area contributed by atoms with Gasteiger partial charge in [-0.05, 0) is 31.2 Å². The zero-order valence-corrected chi connectivity index (χ0v) is 10.7. The molecule has 20 heavy (non-hydrogen) atoms. The lowest BCUT2D eigenvalue weighted by atomic mass is 10.1. The van der Waals surface area contributed by atoms with Gasteiger partial charge in [-0.1, -0.05) is 12.1 Å². The number of aryl methyl sites for hydroxylation is 1. The van der Waals surface area contributed by atoms with Crippen molar-refractivity contribution in [2.75, 3.05) is 5.32 Å². The van der Waals surface area contributed by atoms with Crippen LogP contribution in [0.2, 0.25) is 0 Å². The lowest BCUT2D eigenvalue weighted by Crippen LogP contribution is -2.11. The molecule has 0 aliphatic rings. The van der Waals surface area contributed by atoms with Crippen LogP contribution in [-0.4, -0.2) is 10.1 Å². The third kappa shape index (κ3) is 3.20. The SMILES string of the molecule is Cc1ccc(O)c(CNc2ccccc2C(F)(F)F)n1. The van der Waals surface area contributed by atoms with Crippen molar-refractivity contribution in [2.24, 2.45) is 0 Å². The van der Waals surface area contributed by atoms with Crippen molar-refractivity contribution in [1.82, 2.24) is 4.98 Å². The second-order valence-corrected chi connectivity index (χ2v) is 4.32. The van der Waals surface area contributed by atoms with E-state index in [0.717, 1.165) is 6.07 Å². The molecule has 1 aromatic carbocycles. The highest BCUT2D eigenvalue weighted by atomic mass is 19.4. The molecule has 0 saturated carbocycles. The molecule has 2 N–H and O–H groups in total. The van der Waals surface area contributed by atoms with Crippen LogP contribution in [0.4, 0.5) is 18.9 Å². The molecule has 0 aliphatic heterocycles. The number of alkyl halides is 3. The Labute approximate surface area is 114 Å². The Bertz CT molecular complexity index is 612. The number of rotatable bonds is 3. The number of aromatic hydroxyl groups is 1. The number of anilines is 1. The Balaban J connectivity index is 2.21. The van der Waals surface area contributed by atoms with Crippen LogP contribution in [0.25, 0.3) is 0 Å². The summed E-state index contributed by atoms with van der Waals surface area (Å²) in [5, 5.41) is 12.3. The lowest BCUT2D eigenvalue weighted by Gasteiger charge is -2.14. The smallest absolute Gasteiger partial charge is 0.418 e. The van der Waals surface area contributed by atoms with Gasteiger partial charge in [-0.25, -0.2) is 0 Å². The zero-order valence-electron chi connectivity index (χ0n) is 10.7. The van der Waals surface area contributed by atoms with E-state index in [0.29, 0.717) is 11.4 Å². The van der Waals surface area contributed by atoms with Gasteiger partial charge in [0.05, 0.1) is 12.1 Å². The summed E-state index contributed by atoms with van der Waals surface area (Å²) < 4.78 is 38.4. The molecule has 6 heteroatoms. The van der Waals surface area contributed by atoms with Gasteiger partial charge in [0.25, 0.3) is 0 Å². The average molecular weight is 282 g/mol. The molecule has 2 aromatic rings. The molecule has 0 bridgehead atoms. The number of benzene rings is 1. The molecule has 0 unspecified atom stereocenters. The minimum atomic E-state index is -4.42. The summed E-state index contributed by atoms with van der Waals surface area (Å²) in [4.78, 5) is 4.09. The second kappa shape index (κ2) is 5.40. The fourth-order valence-electron chi connectivity index (χ4n) is 1.80. The first-order valence-corrected chi connectivity index (χ1v) is 5.93. The third-order valence-corrected chi connectivity index (χ3v) is 2.77. The van der Waals surface area contributed by atoms with E-state index in [1.165, 1.54) is 24.3 Å². The van der Waals surface area contributed by atoms with Crippen molar-refractivity contribution in [3.05, 3.63) is 53.3 Å². The van der Waals surface area contributed by atoms with Crippen molar-refractivity contribution >= 4 is 5.69 Å². The van der Waals surface area contributed by atoms with Gasteiger partial charge in [0.1, 0.15) is 11.4 Å². The lowest BCUT2D eigenvalue weighted by molar-refractivity contribution is -0.136. The molecule has 1 heterocycles. The molecular formula is C14H13F3N2O. The van der Waals surface area contributed by atoms with Gasteiger partial charge < -0.3 is 10.4 Å². The minimum absolute atomic E-state index is 0.0145. The van der Waals surface area contributed by atoms with Gasteiger partial charge in [-0.2, -0.15) is 13.2 Å². The Morgan fingerprint density at radius 3 is 2.55 bits per heavy atom. The number of para-hydroxylation sites is 1. The molecule has 3 nitrogen and oxygen atoms in total. The van der Waals surface area contributed by atoms with Crippen LogP contribution in [0.5, 0.6) is 5.75 Å². The zero-order chi connectivity index (χ0) is 14.8. The average Bonchev–Trinajstić information content (AvgIpc) is 2.39. The predicted molar refractivity (Wildman–Crippen MR) is 69.4 cm³/mol. The number of aromatic nitrogens is 1. The fraction of sp³-hybridized carbons (Fsp3) is 0.214. The summed E-state index contributed by atoms with van der Waals surface area (Å²) in [5.41, 5.74) is 0.209. The van der Waals surface area contributed by atoms with Gasteiger partial charge in [0.2, 0.25) is 0 Å². The summed E-state index contributed by atoms with van der Waals surface area (Å²) in [6.07, 6.45) is -4.42. The Hall–Kier alpha value is -2.24. The molecule has 0 amide bonds. The molecule has 2 rings (SSSR count). The maximum Gasteiger partial charge on any atom is 0.418 e. The van der Waals surface area contributed by atoms with Crippen molar-refractivity contribution in [1.29, 1.82) is 0 Å². The van der Waals surface area contributed by atoms with E-state index in [2.05, 4.69) is 10.3 Å². The number of nitrogens with one attached hydrogen (secondary N) is 1. The normalized spacial score (nSPS) is 11.4. The maximum atomic E-state index is 12.8. The Kier molecular flexibility index (Phi) is 3.83. The maximum absolute atomic E-state index is 12.8. The molecule has 0 atom stereocenters. The molecule has 0 fully saturated rings. The van der Waals surface area contributed by atoms with Crippen molar-refractivity contribution in [2.45, 2.75) is 19.6 Å². The Morgan fingerprint density at radius 2 is 1.85 bits per heavy atom. The van der Waals surface area contributed by atoms with Crippen LogP contribution in [-0.2, 0) is 12.7 Å². The van der Waals surface area contributed by atoms with Crippen LogP contribution >= 0.6 is 0 Å². The van der Waals surface area contributed by atoms with E-state index in [-0.39, 0.29) is 18.0 Å². The van der Waals surface area contributed by atoms with Crippen LogP contribution in [0.3, 0.4) is 0 Å². The largest absolute Gasteiger partial charge is 0.506 e. The van der Waals surface area contributed by atoms with Crippen LogP contribution in [0.15, 0.2) is 36.4 Å². The third-order valence-electron chi connectivity index (χ3n) is 2.77. The first-order valence-electron chi connectivity index (χ1n) is 5.93. The van der Waals surface area contributed by atoms with E-state index < -0.39 is 11.7 Å². The molecule has 0 aliphatic carbocycles. The number of nitrogens with zero attached hydrogens (tertiary/aromatic N) is 1. The summed E-state index contributed by atoms with van der Waals surface area (Å²) >= 11 is 0. The quantitative estimate of drug-likeness (QED) is 0.901.